The number of anilines is 1. The van der Waals surface area contributed by atoms with Gasteiger partial charge >= 0.3 is 0 Å². The second-order valence-electron chi connectivity index (χ2n) is 4.05. The average Bonchev–Trinajstić information content (AvgIpc) is 2.38. The van der Waals surface area contributed by atoms with E-state index in [0.717, 1.165) is 15.0 Å². The molecule has 0 spiro atoms. The molecule has 0 saturated heterocycles. The third-order valence-corrected chi connectivity index (χ3v) is 4.60. The summed E-state index contributed by atoms with van der Waals surface area (Å²) in [5.41, 5.74) is 3.58. The van der Waals surface area contributed by atoms with Crippen LogP contribution in [0.1, 0.15) is 16.4 Å². The van der Waals surface area contributed by atoms with Crippen molar-refractivity contribution in [3.63, 3.8) is 0 Å². The predicted molar refractivity (Wildman–Crippen MR) is 83.5 cm³/mol. The molecule has 18 heavy (non-hydrogen) atoms. The first-order valence-corrected chi connectivity index (χ1v) is 7.22. The summed E-state index contributed by atoms with van der Waals surface area (Å²) >= 11 is 12.9. The molecule has 1 unspecified atom stereocenters. The maximum atomic E-state index is 5.93. The number of nitrogens with one attached hydrogen (secondary N) is 1. The van der Waals surface area contributed by atoms with E-state index >= 15 is 0 Å². The van der Waals surface area contributed by atoms with Gasteiger partial charge in [0.05, 0.1) is 5.25 Å². The molecular formula is C14H10ClNS2. The third kappa shape index (κ3) is 2.26. The minimum Gasteiger partial charge on any atom is -0.341 e. The lowest BCUT2D eigenvalue weighted by atomic mass is 10.0. The summed E-state index contributed by atoms with van der Waals surface area (Å²) < 4.78 is 0.814. The molecule has 0 radical (unpaired) electrons. The van der Waals surface area contributed by atoms with Crippen molar-refractivity contribution in [2.45, 2.75) is 5.25 Å². The largest absolute Gasteiger partial charge is 0.341 e. The first-order chi connectivity index (χ1) is 8.74. The molecule has 0 fully saturated rings. The average molecular weight is 292 g/mol. The normalized spacial score (nSPS) is 18.1. The number of hydrogen-bond acceptors (Lipinski definition) is 2. The Morgan fingerprint density at radius 3 is 2.56 bits per heavy atom. The summed E-state index contributed by atoms with van der Waals surface area (Å²) in [6, 6.07) is 16.2. The Labute approximate surface area is 121 Å². The van der Waals surface area contributed by atoms with Crippen molar-refractivity contribution in [1.29, 1.82) is 0 Å². The third-order valence-electron chi connectivity index (χ3n) is 2.88. The van der Waals surface area contributed by atoms with Crippen molar-refractivity contribution in [3.05, 3.63) is 64.7 Å². The molecule has 0 aliphatic carbocycles. The number of thiocarbonyl (C=S) groups is 1. The van der Waals surface area contributed by atoms with Gasteiger partial charge in [-0.3, -0.25) is 0 Å². The van der Waals surface area contributed by atoms with E-state index in [1.54, 1.807) is 11.8 Å². The number of benzene rings is 2. The highest BCUT2D eigenvalue weighted by Crippen LogP contribution is 2.43. The van der Waals surface area contributed by atoms with E-state index < -0.39 is 0 Å². The van der Waals surface area contributed by atoms with Crippen LogP contribution in [0, 0.1) is 0 Å². The highest BCUT2D eigenvalue weighted by molar-refractivity contribution is 8.23. The van der Waals surface area contributed by atoms with E-state index in [2.05, 4.69) is 35.6 Å². The van der Waals surface area contributed by atoms with Crippen molar-refractivity contribution in [1.82, 2.24) is 0 Å². The van der Waals surface area contributed by atoms with Crippen LogP contribution in [0.25, 0.3) is 0 Å². The summed E-state index contributed by atoms with van der Waals surface area (Å²) in [6.07, 6.45) is 0. The number of rotatable bonds is 1. The smallest absolute Gasteiger partial charge is 0.139 e. The maximum absolute atomic E-state index is 5.93. The Morgan fingerprint density at radius 1 is 1.06 bits per heavy atom. The Hall–Kier alpha value is -1.03. The lowest BCUT2D eigenvalue weighted by molar-refractivity contribution is 1.16. The summed E-state index contributed by atoms with van der Waals surface area (Å²) in [4.78, 5) is 0. The molecule has 0 bridgehead atoms. The lowest BCUT2D eigenvalue weighted by Crippen LogP contribution is -2.16. The van der Waals surface area contributed by atoms with Crippen LogP contribution in [0.15, 0.2) is 48.5 Å². The predicted octanol–water partition coefficient (Wildman–Crippen LogP) is 4.87. The Morgan fingerprint density at radius 2 is 1.78 bits per heavy atom. The van der Waals surface area contributed by atoms with Gasteiger partial charge in [-0.15, -0.1) is 0 Å². The molecule has 2 aromatic carbocycles. The Kier molecular flexibility index (Phi) is 3.29. The number of thioether (sulfide) groups is 1. The van der Waals surface area contributed by atoms with Crippen molar-refractivity contribution >= 4 is 45.6 Å². The standard InChI is InChI=1S/C14H10ClNS2/c15-10-7-5-9(6-8-10)13-11-3-1-2-4-12(11)16-14(17)18-13/h1-8,13H,(H,16,17). The van der Waals surface area contributed by atoms with Gasteiger partial charge in [0, 0.05) is 10.7 Å². The summed E-state index contributed by atoms with van der Waals surface area (Å²) in [5.74, 6) is 0. The van der Waals surface area contributed by atoms with Gasteiger partial charge in [0.1, 0.15) is 4.32 Å². The van der Waals surface area contributed by atoms with Crippen LogP contribution in [0.4, 0.5) is 5.69 Å². The zero-order chi connectivity index (χ0) is 12.5. The van der Waals surface area contributed by atoms with Gasteiger partial charge in [-0.1, -0.05) is 65.9 Å². The molecule has 1 aliphatic heterocycles. The summed E-state index contributed by atoms with van der Waals surface area (Å²) in [7, 11) is 0. The van der Waals surface area contributed by atoms with Gasteiger partial charge in [0.25, 0.3) is 0 Å². The van der Waals surface area contributed by atoms with Gasteiger partial charge in [-0.05, 0) is 29.3 Å². The van der Waals surface area contributed by atoms with Gasteiger partial charge in [-0.2, -0.15) is 0 Å². The summed E-state index contributed by atoms with van der Waals surface area (Å²) in [5, 5.41) is 4.24. The second kappa shape index (κ2) is 4.92. The van der Waals surface area contributed by atoms with Gasteiger partial charge in [-0.25, -0.2) is 0 Å². The van der Waals surface area contributed by atoms with Gasteiger partial charge in [0.15, 0.2) is 0 Å². The zero-order valence-electron chi connectivity index (χ0n) is 9.39. The fraction of sp³-hybridized carbons (Fsp3) is 0.0714. The molecular weight excluding hydrogens is 282 g/mol. The Bertz CT molecular complexity index is 595. The van der Waals surface area contributed by atoms with E-state index in [1.165, 1.54) is 11.1 Å². The highest BCUT2D eigenvalue weighted by atomic mass is 35.5. The maximum Gasteiger partial charge on any atom is 0.139 e. The van der Waals surface area contributed by atoms with Crippen LogP contribution in [-0.2, 0) is 0 Å². The van der Waals surface area contributed by atoms with Gasteiger partial charge in [0.2, 0.25) is 0 Å². The quantitative estimate of drug-likeness (QED) is 0.753. The molecule has 1 nitrogen and oxygen atoms in total. The van der Waals surface area contributed by atoms with E-state index in [-0.39, 0.29) is 5.25 Å². The molecule has 0 aromatic heterocycles. The van der Waals surface area contributed by atoms with Crippen molar-refractivity contribution < 1.29 is 0 Å². The highest BCUT2D eigenvalue weighted by Gasteiger charge is 2.24. The van der Waals surface area contributed by atoms with Gasteiger partial charge < -0.3 is 5.32 Å². The van der Waals surface area contributed by atoms with Crippen LogP contribution in [-0.4, -0.2) is 4.32 Å². The first-order valence-electron chi connectivity index (χ1n) is 5.56. The molecule has 0 saturated carbocycles. The molecule has 2 aromatic rings. The van der Waals surface area contributed by atoms with Crippen molar-refractivity contribution in [3.8, 4) is 0 Å². The molecule has 1 N–H and O–H groups in total. The SMILES string of the molecule is S=C1Nc2ccccc2C(c2ccc(Cl)cc2)S1. The summed E-state index contributed by atoms with van der Waals surface area (Å²) in [6.45, 7) is 0. The lowest BCUT2D eigenvalue weighted by Gasteiger charge is -2.26. The first kappa shape index (κ1) is 12.0. The van der Waals surface area contributed by atoms with Crippen LogP contribution in [0.3, 0.4) is 0 Å². The second-order valence-corrected chi connectivity index (χ2v) is 6.27. The van der Waals surface area contributed by atoms with E-state index in [4.69, 9.17) is 23.8 Å². The minimum atomic E-state index is 0.243. The molecule has 0 amide bonds. The van der Waals surface area contributed by atoms with Crippen LogP contribution in [0.2, 0.25) is 5.02 Å². The van der Waals surface area contributed by atoms with Crippen LogP contribution >= 0.6 is 35.6 Å². The number of para-hydroxylation sites is 1. The molecule has 1 atom stereocenters. The minimum absolute atomic E-state index is 0.243. The van der Waals surface area contributed by atoms with Crippen LogP contribution in [0.5, 0.6) is 0 Å². The molecule has 1 aliphatic rings. The molecule has 3 rings (SSSR count). The van der Waals surface area contributed by atoms with Crippen molar-refractivity contribution in [2.75, 3.05) is 5.32 Å². The number of hydrogen-bond donors (Lipinski definition) is 1. The fourth-order valence-electron chi connectivity index (χ4n) is 2.03. The fourth-order valence-corrected chi connectivity index (χ4v) is 3.57. The number of fused-ring (bicyclic) bond motifs is 1. The van der Waals surface area contributed by atoms with Crippen molar-refractivity contribution in [2.24, 2.45) is 0 Å². The van der Waals surface area contributed by atoms with E-state index in [1.807, 2.05) is 18.2 Å². The van der Waals surface area contributed by atoms with E-state index in [9.17, 15) is 0 Å². The topological polar surface area (TPSA) is 12.0 Å². The number of halogens is 1. The van der Waals surface area contributed by atoms with Crippen LogP contribution < -0.4 is 5.32 Å². The van der Waals surface area contributed by atoms with E-state index in [0.29, 0.717) is 0 Å². The molecule has 90 valence electrons. The Balaban J connectivity index is 2.07. The molecule has 4 heteroatoms. The monoisotopic (exact) mass is 291 g/mol. The zero-order valence-corrected chi connectivity index (χ0v) is 11.8. The molecule has 1 heterocycles.